The van der Waals surface area contributed by atoms with Crippen LogP contribution in [0.25, 0.3) is 0 Å². The summed E-state index contributed by atoms with van der Waals surface area (Å²) in [4.78, 5) is 0. The molecule has 0 spiro atoms. The van der Waals surface area contributed by atoms with Crippen molar-refractivity contribution in [3.63, 3.8) is 0 Å². The number of halogens is 2. The van der Waals surface area contributed by atoms with Gasteiger partial charge in [0.25, 0.3) is 0 Å². The molecule has 2 rings (SSSR count). The average molecular weight is 183 g/mol. The molecule has 1 aromatic rings. The summed E-state index contributed by atoms with van der Waals surface area (Å²) in [5.74, 6) is -0.592. The van der Waals surface area contributed by atoms with Crippen LogP contribution in [0.15, 0.2) is 12.1 Å². The molecule has 1 aromatic carbocycles. The summed E-state index contributed by atoms with van der Waals surface area (Å²) in [6.07, 6.45) is 0.542. The predicted octanol–water partition coefficient (Wildman–Crippen LogP) is 2.16. The van der Waals surface area contributed by atoms with Gasteiger partial charge in [0, 0.05) is 11.6 Å². The molecule has 0 saturated carbocycles. The van der Waals surface area contributed by atoms with Gasteiger partial charge in [-0.1, -0.05) is 6.92 Å². The van der Waals surface area contributed by atoms with Crippen LogP contribution in [-0.4, -0.2) is 0 Å². The third-order valence-electron chi connectivity index (χ3n) is 2.72. The maximum atomic E-state index is 13.2. The van der Waals surface area contributed by atoms with Gasteiger partial charge in [-0.05, 0) is 30.0 Å². The Bertz CT molecular complexity index is 349. The molecule has 3 heteroatoms. The van der Waals surface area contributed by atoms with Crippen molar-refractivity contribution in [2.45, 2.75) is 19.4 Å². The summed E-state index contributed by atoms with van der Waals surface area (Å²) in [6, 6.07) is 1.95. The van der Waals surface area contributed by atoms with E-state index in [-0.39, 0.29) is 23.6 Å². The van der Waals surface area contributed by atoms with Crippen molar-refractivity contribution >= 4 is 0 Å². The lowest BCUT2D eigenvalue weighted by Crippen LogP contribution is -2.14. The summed E-state index contributed by atoms with van der Waals surface area (Å²) in [7, 11) is 0. The molecule has 13 heavy (non-hydrogen) atoms. The Morgan fingerprint density at radius 1 is 1.31 bits per heavy atom. The summed E-state index contributed by atoms with van der Waals surface area (Å²) in [6.45, 7) is 1.91. The number of fused-ring (bicyclic) bond motifs is 1. The molecule has 0 saturated heterocycles. The first-order chi connectivity index (χ1) is 6.11. The summed E-state index contributed by atoms with van der Waals surface area (Å²) in [5, 5.41) is 0. The van der Waals surface area contributed by atoms with Gasteiger partial charge in [0.1, 0.15) is 11.6 Å². The zero-order valence-corrected chi connectivity index (χ0v) is 7.35. The van der Waals surface area contributed by atoms with Crippen LogP contribution in [-0.2, 0) is 6.42 Å². The molecule has 1 nitrogen and oxygen atoms in total. The average Bonchev–Trinajstić information content (AvgIpc) is 2.38. The molecule has 1 aliphatic rings. The highest BCUT2D eigenvalue weighted by molar-refractivity contribution is 5.37. The number of hydrogen-bond acceptors (Lipinski definition) is 1. The fourth-order valence-corrected chi connectivity index (χ4v) is 1.91. The minimum Gasteiger partial charge on any atom is -0.324 e. The van der Waals surface area contributed by atoms with E-state index in [4.69, 9.17) is 5.73 Å². The van der Waals surface area contributed by atoms with E-state index in [2.05, 4.69) is 0 Å². The monoisotopic (exact) mass is 183 g/mol. The SMILES string of the molecule is CC1Cc2c(F)ccc(F)c2C1N. The van der Waals surface area contributed by atoms with E-state index in [1.165, 1.54) is 6.07 Å². The van der Waals surface area contributed by atoms with Gasteiger partial charge in [-0.3, -0.25) is 0 Å². The largest absolute Gasteiger partial charge is 0.324 e. The molecule has 0 aromatic heterocycles. The maximum Gasteiger partial charge on any atom is 0.128 e. The minimum atomic E-state index is -0.381. The smallest absolute Gasteiger partial charge is 0.128 e. The first-order valence-electron chi connectivity index (χ1n) is 4.33. The van der Waals surface area contributed by atoms with Crippen molar-refractivity contribution in [1.82, 2.24) is 0 Å². The third kappa shape index (κ3) is 1.15. The Morgan fingerprint density at radius 3 is 2.54 bits per heavy atom. The lowest BCUT2D eigenvalue weighted by Gasteiger charge is -2.09. The molecule has 1 aliphatic carbocycles. The van der Waals surface area contributed by atoms with E-state index in [1.54, 1.807) is 0 Å². The first kappa shape index (κ1) is 8.63. The number of nitrogens with two attached hydrogens (primary N) is 1. The van der Waals surface area contributed by atoms with E-state index in [0.29, 0.717) is 17.5 Å². The van der Waals surface area contributed by atoms with E-state index in [1.807, 2.05) is 6.92 Å². The molecular weight excluding hydrogens is 172 g/mol. The fraction of sp³-hybridized carbons (Fsp3) is 0.400. The summed E-state index contributed by atoms with van der Waals surface area (Å²) < 4.78 is 26.4. The van der Waals surface area contributed by atoms with Crippen molar-refractivity contribution in [2.75, 3.05) is 0 Å². The normalized spacial score (nSPS) is 26.2. The molecule has 2 N–H and O–H groups in total. The molecule has 0 heterocycles. The molecule has 0 bridgehead atoms. The third-order valence-corrected chi connectivity index (χ3v) is 2.72. The zero-order valence-electron chi connectivity index (χ0n) is 7.35. The van der Waals surface area contributed by atoms with Crippen LogP contribution in [0.3, 0.4) is 0 Å². The van der Waals surface area contributed by atoms with Crippen molar-refractivity contribution in [2.24, 2.45) is 11.7 Å². The van der Waals surface area contributed by atoms with Crippen LogP contribution in [0.1, 0.15) is 24.1 Å². The molecule has 0 radical (unpaired) electrons. The second-order valence-electron chi connectivity index (χ2n) is 3.63. The van der Waals surface area contributed by atoms with Crippen LogP contribution in [0, 0.1) is 17.6 Å². The Labute approximate surface area is 75.6 Å². The van der Waals surface area contributed by atoms with Gasteiger partial charge in [0.05, 0.1) is 0 Å². The van der Waals surface area contributed by atoms with Gasteiger partial charge in [-0.15, -0.1) is 0 Å². The van der Waals surface area contributed by atoms with Crippen LogP contribution < -0.4 is 5.73 Å². The van der Waals surface area contributed by atoms with Crippen molar-refractivity contribution < 1.29 is 8.78 Å². The minimum absolute atomic E-state index is 0.126. The summed E-state index contributed by atoms with van der Waals surface area (Å²) >= 11 is 0. The lowest BCUT2D eigenvalue weighted by atomic mass is 10.0. The van der Waals surface area contributed by atoms with Gasteiger partial charge in [0.2, 0.25) is 0 Å². The zero-order chi connectivity index (χ0) is 9.59. The Balaban J connectivity index is 2.61. The highest BCUT2D eigenvalue weighted by Crippen LogP contribution is 2.36. The topological polar surface area (TPSA) is 26.0 Å². The number of benzene rings is 1. The Kier molecular flexibility index (Phi) is 1.84. The molecule has 0 fully saturated rings. The first-order valence-corrected chi connectivity index (χ1v) is 4.33. The quantitative estimate of drug-likeness (QED) is 0.655. The fourth-order valence-electron chi connectivity index (χ4n) is 1.91. The van der Waals surface area contributed by atoms with Crippen LogP contribution >= 0.6 is 0 Å². The number of hydrogen-bond donors (Lipinski definition) is 1. The molecule has 0 amide bonds. The second kappa shape index (κ2) is 2.77. The number of rotatable bonds is 0. The van der Waals surface area contributed by atoms with Crippen molar-refractivity contribution in [3.05, 3.63) is 34.9 Å². The molecule has 2 atom stereocenters. The van der Waals surface area contributed by atoms with Crippen molar-refractivity contribution in [1.29, 1.82) is 0 Å². The molecule has 2 unspecified atom stereocenters. The predicted molar refractivity (Wildman–Crippen MR) is 46.2 cm³/mol. The van der Waals surface area contributed by atoms with Crippen LogP contribution in [0.2, 0.25) is 0 Å². The Morgan fingerprint density at radius 2 is 1.92 bits per heavy atom. The Hall–Kier alpha value is -0.960. The van der Waals surface area contributed by atoms with Gasteiger partial charge in [0.15, 0.2) is 0 Å². The van der Waals surface area contributed by atoms with Gasteiger partial charge in [-0.25, -0.2) is 8.78 Å². The highest BCUT2D eigenvalue weighted by atomic mass is 19.1. The van der Waals surface area contributed by atoms with E-state index < -0.39 is 0 Å². The molecular formula is C10H11F2N. The van der Waals surface area contributed by atoms with Crippen molar-refractivity contribution in [3.8, 4) is 0 Å². The molecule has 0 aliphatic heterocycles. The highest BCUT2D eigenvalue weighted by Gasteiger charge is 2.31. The van der Waals surface area contributed by atoms with Gasteiger partial charge < -0.3 is 5.73 Å². The summed E-state index contributed by atoms with van der Waals surface area (Å²) in [5.41, 5.74) is 6.58. The standard InChI is InChI=1S/C10H11F2N/c1-5-4-6-7(11)2-3-8(12)9(6)10(5)13/h2-3,5,10H,4,13H2,1H3. The van der Waals surface area contributed by atoms with Crippen LogP contribution in [0.4, 0.5) is 8.78 Å². The van der Waals surface area contributed by atoms with E-state index in [9.17, 15) is 8.78 Å². The lowest BCUT2D eigenvalue weighted by molar-refractivity contribution is 0.494. The second-order valence-corrected chi connectivity index (χ2v) is 3.63. The van der Waals surface area contributed by atoms with Crippen LogP contribution in [0.5, 0.6) is 0 Å². The van der Waals surface area contributed by atoms with E-state index >= 15 is 0 Å². The maximum absolute atomic E-state index is 13.2. The molecule has 70 valence electrons. The van der Waals surface area contributed by atoms with Gasteiger partial charge in [-0.2, -0.15) is 0 Å². The van der Waals surface area contributed by atoms with Gasteiger partial charge >= 0.3 is 0 Å². The van der Waals surface area contributed by atoms with E-state index in [0.717, 1.165) is 6.07 Å².